The number of halogens is 10. The lowest BCUT2D eigenvalue weighted by atomic mass is 10.2. The largest absolute Gasteiger partial charge is 0.477 e. The molecule has 0 aromatic heterocycles. The highest BCUT2D eigenvalue weighted by Gasteiger charge is 2.73. The highest BCUT2D eigenvalue weighted by molar-refractivity contribution is 8.00. The second kappa shape index (κ2) is 9.79. The van der Waals surface area contributed by atoms with Crippen LogP contribution in [-0.4, -0.2) is 34.8 Å². The molecule has 1 amide bonds. The number of benzene rings is 2. The Balaban J connectivity index is 2.11. The molecule has 0 saturated heterocycles. The van der Waals surface area contributed by atoms with E-state index in [4.69, 9.17) is 4.74 Å². The van der Waals surface area contributed by atoms with Gasteiger partial charge in [0.1, 0.15) is 0 Å². The minimum Gasteiger partial charge on any atom is -0.477 e. The molecular formula is C18H10F10N2O4S. The SMILES string of the molecule is O=C(COc1ccc(C(F)(F)F)cc1[N+](=O)[O-])Nc1cccc(SC(F)(F)C(F)(F)C(F)(F)F)c1. The topological polar surface area (TPSA) is 81.5 Å². The summed E-state index contributed by atoms with van der Waals surface area (Å²) in [6.07, 6.45) is -11.4. The molecule has 0 atom stereocenters. The van der Waals surface area contributed by atoms with Crippen LogP contribution >= 0.6 is 11.8 Å². The number of nitrogens with one attached hydrogen (secondary N) is 1. The normalized spacial score (nSPS) is 12.9. The van der Waals surface area contributed by atoms with Crippen LogP contribution in [0.3, 0.4) is 0 Å². The first-order chi connectivity index (χ1) is 15.8. The van der Waals surface area contributed by atoms with Crippen molar-refractivity contribution in [2.24, 2.45) is 0 Å². The fourth-order valence-electron chi connectivity index (χ4n) is 2.31. The first-order valence-corrected chi connectivity index (χ1v) is 9.56. The lowest BCUT2D eigenvalue weighted by Crippen LogP contribution is -2.49. The summed E-state index contributed by atoms with van der Waals surface area (Å²) in [6.45, 7) is -1.02. The monoisotopic (exact) mass is 540 g/mol. The maximum atomic E-state index is 13.6. The Bertz CT molecular complexity index is 1110. The quantitative estimate of drug-likeness (QED) is 0.179. The number of alkyl halides is 10. The number of carbonyl (C=O) groups is 1. The van der Waals surface area contributed by atoms with E-state index >= 15 is 0 Å². The van der Waals surface area contributed by atoms with Crippen molar-refractivity contribution >= 4 is 29.0 Å². The second-order valence-electron chi connectivity index (χ2n) is 6.49. The molecule has 6 nitrogen and oxygen atoms in total. The number of nitro groups is 1. The van der Waals surface area contributed by atoms with E-state index in [0.29, 0.717) is 18.2 Å². The van der Waals surface area contributed by atoms with Crippen molar-refractivity contribution in [2.75, 3.05) is 11.9 Å². The summed E-state index contributed by atoms with van der Waals surface area (Å²) in [5.74, 6) is -8.20. The number of nitrogens with zero attached hydrogens (tertiary/aromatic N) is 1. The molecule has 0 fully saturated rings. The van der Waals surface area contributed by atoms with Gasteiger partial charge in [0.2, 0.25) is 0 Å². The third-order valence-corrected chi connectivity index (χ3v) is 4.93. The Morgan fingerprint density at radius 2 is 1.60 bits per heavy atom. The Hall–Kier alpha value is -3.24. The Morgan fingerprint density at radius 3 is 2.14 bits per heavy atom. The minimum atomic E-state index is -6.53. The summed E-state index contributed by atoms with van der Waals surface area (Å²) in [6, 6.07) is 4.62. The maximum Gasteiger partial charge on any atom is 0.460 e. The van der Waals surface area contributed by atoms with Gasteiger partial charge in [-0.25, -0.2) is 0 Å². The van der Waals surface area contributed by atoms with E-state index in [1.807, 2.05) is 5.32 Å². The van der Waals surface area contributed by atoms with E-state index in [-0.39, 0.29) is 11.8 Å². The molecule has 0 radical (unpaired) electrons. The number of amides is 1. The van der Waals surface area contributed by atoms with Crippen LogP contribution in [-0.2, 0) is 11.0 Å². The average Bonchev–Trinajstić information content (AvgIpc) is 2.70. The van der Waals surface area contributed by atoms with Crippen LogP contribution in [0.2, 0.25) is 0 Å². The summed E-state index contributed by atoms with van der Waals surface area (Å²) in [5.41, 5.74) is -2.82. The van der Waals surface area contributed by atoms with Crippen LogP contribution in [0.25, 0.3) is 0 Å². The number of ether oxygens (including phenoxy) is 1. The fraction of sp³-hybridized carbons (Fsp3) is 0.278. The summed E-state index contributed by atoms with van der Waals surface area (Å²) >= 11 is -1.11. The molecule has 0 aliphatic rings. The Labute approximate surface area is 192 Å². The molecule has 0 aliphatic carbocycles. The highest BCUT2D eigenvalue weighted by Crippen LogP contribution is 2.54. The first-order valence-electron chi connectivity index (χ1n) is 8.75. The number of hydrogen-bond donors (Lipinski definition) is 1. The number of nitro benzene ring substituents is 1. The smallest absolute Gasteiger partial charge is 0.460 e. The van der Waals surface area contributed by atoms with E-state index in [1.54, 1.807) is 0 Å². The molecule has 0 bridgehead atoms. The number of carbonyl (C=O) groups excluding carboxylic acids is 1. The van der Waals surface area contributed by atoms with Crippen LogP contribution in [0.4, 0.5) is 55.3 Å². The van der Waals surface area contributed by atoms with Crippen LogP contribution in [0, 0.1) is 10.1 Å². The van der Waals surface area contributed by atoms with Crippen molar-refractivity contribution in [1.29, 1.82) is 0 Å². The van der Waals surface area contributed by atoms with E-state index < -0.39 is 74.6 Å². The van der Waals surface area contributed by atoms with Crippen molar-refractivity contribution in [3.05, 3.63) is 58.1 Å². The molecule has 192 valence electrons. The van der Waals surface area contributed by atoms with Crippen molar-refractivity contribution in [1.82, 2.24) is 0 Å². The molecule has 2 aromatic carbocycles. The standard InChI is InChI=1S/C18H10F10N2O4S/c19-15(20,21)9-4-5-13(12(6-9)30(32)33)34-8-14(31)29-10-2-1-3-11(7-10)35-18(27,28)16(22,23)17(24,25)26/h1-7H,8H2,(H,29,31). The molecule has 0 spiro atoms. The van der Waals surface area contributed by atoms with Crippen molar-refractivity contribution in [3.8, 4) is 5.75 Å². The van der Waals surface area contributed by atoms with Gasteiger partial charge in [0.05, 0.1) is 10.5 Å². The fourth-order valence-corrected chi connectivity index (χ4v) is 3.19. The van der Waals surface area contributed by atoms with Gasteiger partial charge in [-0.15, -0.1) is 0 Å². The third kappa shape index (κ3) is 6.67. The number of anilines is 1. The van der Waals surface area contributed by atoms with Crippen LogP contribution in [0.1, 0.15) is 5.56 Å². The van der Waals surface area contributed by atoms with Gasteiger partial charge >= 0.3 is 29.2 Å². The molecule has 2 rings (SSSR count). The summed E-state index contributed by atoms with van der Waals surface area (Å²) in [4.78, 5) is 21.0. The van der Waals surface area contributed by atoms with Gasteiger partial charge in [0.25, 0.3) is 5.91 Å². The number of rotatable bonds is 8. The van der Waals surface area contributed by atoms with E-state index in [1.165, 1.54) is 0 Å². The average molecular weight is 540 g/mol. The van der Waals surface area contributed by atoms with E-state index in [2.05, 4.69) is 0 Å². The van der Waals surface area contributed by atoms with Crippen molar-refractivity contribution in [3.63, 3.8) is 0 Å². The molecule has 0 heterocycles. The zero-order valence-electron chi connectivity index (χ0n) is 16.5. The molecular weight excluding hydrogens is 530 g/mol. The van der Waals surface area contributed by atoms with Crippen molar-refractivity contribution < 1.29 is 58.4 Å². The van der Waals surface area contributed by atoms with Gasteiger partial charge in [-0.1, -0.05) is 6.07 Å². The number of hydrogen-bond acceptors (Lipinski definition) is 5. The molecule has 0 unspecified atom stereocenters. The van der Waals surface area contributed by atoms with Crippen LogP contribution < -0.4 is 10.1 Å². The van der Waals surface area contributed by atoms with Gasteiger partial charge in [-0.05, 0) is 42.1 Å². The highest BCUT2D eigenvalue weighted by atomic mass is 32.2. The summed E-state index contributed by atoms with van der Waals surface area (Å²) in [5, 5.41) is 7.40. The van der Waals surface area contributed by atoms with Gasteiger partial charge < -0.3 is 10.1 Å². The molecule has 0 aliphatic heterocycles. The zero-order valence-corrected chi connectivity index (χ0v) is 17.3. The van der Waals surface area contributed by atoms with Gasteiger partial charge in [0.15, 0.2) is 12.4 Å². The van der Waals surface area contributed by atoms with Crippen LogP contribution in [0.5, 0.6) is 5.75 Å². The second-order valence-corrected chi connectivity index (χ2v) is 7.68. The van der Waals surface area contributed by atoms with Gasteiger partial charge in [0, 0.05) is 16.6 Å². The zero-order chi connectivity index (χ0) is 26.8. The summed E-state index contributed by atoms with van der Waals surface area (Å²) in [7, 11) is 0. The van der Waals surface area contributed by atoms with Gasteiger partial charge in [-0.3, -0.25) is 14.9 Å². The summed E-state index contributed by atoms with van der Waals surface area (Å²) < 4.78 is 133. The lowest BCUT2D eigenvalue weighted by molar-refractivity contribution is -0.386. The number of thioether (sulfide) groups is 1. The molecule has 1 N–H and O–H groups in total. The third-order valence-electron chi connectivity index (χ3n) is 3.93. The van der Waals surface area contributed by atoms with E-state index in [0.717, 1.165) is 18.2 Å². The Morgan fingerprint density at radius 1 is 0.971 bits per heavy atom. The molecule has 17 heteroatoms. The molecule has 2 aromatic rings. The first kappa shape index (κ1) is 28.0. The Kier molecular flexibility index (Phi) is 7.83. The minimum absolute atomic E-state index is 0.171. The van der Waals surface area contributed by atoms with Crippen LogP contribution in [0.15, 0.2) is 47.4 Å². The van der Waals surface area contributed by atoms with Gasteiger partial charge in [-0.2, -0.15) is 43.9 Å². The predicted molar refractivity (Wildman–Crippen MR) is 100 cm³/mol. The maximum absolute atomic E-state index is 13.6. The lowest BCUT2D eigenvalue weighted by Gasteiger charge is -2.27. The molecule has 0 saturated carbocycles. The van der Waals surface area contributed by atoms with E-state index in [9.17, 15) is 58.8 Å². The molecule has 35 heavy (non-hydrogen) atoms. The predicted octanol–water partition coefficient (Wildman–Crippen LogP) is 6.51. The van der Waals surface area contributed by atoms with Crippen molar-refractivity contribution in [2.45, 2.75) is 28.4 Å².